The average Bonchev–Trinajstić information content (AvgIpc) is 2.76. The minimum Gasteiger partial charge on any atom is -0.354 e. The van der Waals surface area contributed by atoms with Crippen molar-refractivity contribution in [3.63, 3.8) is 0 Å². The molecule has 0 bridgehead atoms. The Morgan fingerprint density at radius 2 is 1.66 bits per heavy atom. The van der Waals surface area contributed by atoms with Gasteiger partial charge in [-0.3, -0.25) is 9.10 Å². The van der Waals surface area contributed by atoms with Crippen molar-refractivity contribution in [3.8, 4) is 0 Å². The van der Waals surface area contributed by atoms with Crippen LogP contribution in [0, 0.1) is 13.8 Å². The van der Waals surface area contributed by atoms with Crippen molar-refractivity contribution in [1.82, 2.24) is 5.32 Å². The fraction of sp³-hybridized carbons (Fsp3) is 0.208. The van der Waals surface area contributed by atoms with Crippen LogP contribution >= 0.6 is 23.4 Å². The number of halogens is 1. The molecule has 0 saturated carbocycles. The van der Waals surface area contributed by atoms with E-state index in [2.05, 4.69) is 5.32 Å². The first-order valence-corrected chi connectivity index (χ1v) is 12.9. The molecule has 0 aliphatic heterocycles. The summed E-state index contributed by atoms with van der Waals surface area (Å²) in [4.78, 5) is 13.8. The molecule has 0 fully saturated rings. The van der Waals surface area contributed by atoms with Gasteiger partial charge in [0.1, 0.15) is 6.54 Å². The van der Waals surface area contributed by atoms with E-state index >= 15 is 0 Å². The van der Waals surface area contributed by atoms with Crippen LogP contribution in [0.3, 0.4) is 0 Å². The van der Waals surface area contributed by atoms with Gasteiger partial charge in [-0.25, -0.2) is 8.42 Å². The number of sulfonamides is 1. The summed E-state index contributed by atoms with van der Waals surface area (Å²) in [7, 11) is -3.95. The van der Waals surface area contributed by atoms with E-state index in [1.165, 1.54) is 29.8 Å². The van der Waals surface area contributed by atoms with Crippen LogP contribution in [-0.4, -0.2) is 33.2 Å². The van der Waals surface area contributed by atoms with Gasteiger partial charge in [-0.05, 0) is 67.9 Å². The highest BCUT2D eigenvalue weighted by Gasteiger charge is 2.27. The summed E-state index contributed by atoms with van der Waals surface area (Å²) in [6.07, 6.45) is 0. The Morgan fingerprint density at radius 3 is 2.31 bits per heavy atom. The second-order valence-electron chi connectivity index (χ2n) is 7.32. The maximum Gasteiger partial charge on any atom is 0.264 e. The van der Waals surface area contributed by atoms with Gasteiger partial charge in [0.25, 0.3) is 10.0 Å². The first kappa shape index (κ1) is 24.2. The zero-order valence-corrected chi connectivity index (χ0v) is 20.3. The summed E-state index contributed by atoms with van der Waals surface area (Å²) in [5.41, 5.74) is 2.53. The largest absolute Gasteiger partial charge is 0.354 e. The number of carbonyl (C=O) groups is 1. The van der Waals surface area contributed by atoms with E-state index in [1.54, 1.807) is 30.0 Å². The van der Waals surface area contributed by atoms with E-state index in [-0.39, 0.29) is 17.3 Å². The molecule has 3 aromatic carbocycles. The topological polar surface area (TPSA) is 66.5 Å². The highest BCUT2D eigenvalue weighted by Crippen LogP contribution is 2.25. The van der Waals surface area contributed by atoms with Crippen molar-refractivity contribution >= 4 is 45.0 Å². The minimum atomic E-state index is -3.95. The number of amides is 1. The number of nitrogens with zero attached hydrogens (tertiary/aromatic N) is 1. The summed E-state index contributed by atoms with van der Waals surface area (Å²) in [6.45, 7) is 4.02. The fourth-order valence-corrected chi connectivity index (χ4v) is 5.32. The lowest BCUT2D eigenvalue weighted by molar-refractivity contribution is -0.119. The molecule has 0 spiro atoms. The predicted octanol–water partition coefficient (Wildman–Crippen LogP) is 5.06. The van der Waals surface area contributed by atoms with Crippen LogP contribution in [0.2, 0.25) is 5.02 Å². The fourth-order valence-electron chi connectivity index (χ4n) is 3.01. The van der Waals surface area contributed by atoms with Crippen LogP contribution in [0.1, 0.15) is 11.1 Å². The van der Waals surface area contributed by atoms with Crippen molar-refractivity contribution in [2.24, 2.45) is 0 Å². The second kappa shape index (κ2) is 10.9. The molecular weight excluding hydrogens is 464 g/mol. The minimum absolute atomic E-state index is 0.0751. The number of thioether (sulfide) groups is 1. The van der Waals surface area contributed by atoms with Gasteiger partial charge < -0.3 is 5.32 Å². The van der Waals surface area contributed by atoms with Crippen molar-refractivity contribution in [2.45, 2.75) is 23.6 Å². The molecule has 1 amide bonds. The second-order valence-corrected chi connectivity index (χ2v) is 10.8. The molecule has 0 atom stereocenters. The maximum atomic E-state index is 13.3. The average molecular weight is 489 g/mol. The first-order valence-electron chi connectivity index (χ1n) is 10.1. The Morgan fingerprint density at radius 1 is 0.969 bits per heavy atom. The third-order valence-corrected chi connectivity index (χ3v) is 7.75. The van der Waals surface area contributed by atoms with Crippen LogP contribution in [0.4, 0.5) is 5.69 Å². The number of hydrogen-bond donors (Lipinski definition) is 1. The molecule has 3 aromatic rings. The van der Waals surface area contributed by atoms with E-state index in [0.717, 1.165) is 14.8 Å². The molecule has 8 heteroatoms. The summed E-state index contributed by atoms with van der Waals surface area (Å²) in [6, 6.07) is 21.2. The third kappa shape index (κ3) is 6.51. The number of carbonyl (C=O) groups excluding carboxylic acids is 1. The summed E-state index contributed by atoms with van der Waals surface area (Å²) in [5.74, 6) is 0.317. The lowest BCUT2D eigenvalue weighted by atomic mass is 10.2. The van der Waals surface area contributed by atoms with Crippen molar-refractivity contribution in [3.05, 3.63) is 88.9 Å². The molecule has 0 unspecified atom stereocenters. The molecule has 0 aromatic heterocycles. The molecule has 0 aliphatic carbocycles. The van der Waals surface area contributed by atoms with Gasteiger partial charge >= 0.3 is 0 Å². The van der Waals surface area contributed by atoms with E-state index in [1.807, 2.05) is 44.2 Å². The third-order valence-electron chi connectivity index (χ3n) is 4.69. The number of rotatable bonds is 9. The predicted molar refractivity (Wildman–Crippen MR) is 132 cm³/mol. The molecule has 5 nitrogen and oxygen atoms in total. The highest BCUT2D eigenvalue weighted by molar-refractivity contribution is 7.99. The van der Waals surface area contributed by atoms with E-state index in [0.29, 0.717) is 23.0 Å². The van der Waals surface area contributed by atoms with Crippen LogP contribution < -0.4 is 9.62 Å². The Labute approximate surface area is 198 Å². The molecule has 0 heterocycles. The van der Waals surface area contributed by atoms with Crippen molar-refractivity contribution < 1.29 is 13.2 Å². The number of benzene rings is 3. The molecule has 3 rings (SSSR count). The molecule has 0 saturated heterocycles. The molecule has 1 N–H and O–H groups in total. The zero-order chi connectivity index (χ0) is 23.1. The quantitative estimate of drug-likeness (QED) is 0.337. The standard InChI is InChI=1S/C24H25ClN2O3S2/c1-18-6-10-22(11-7-18)31-15-14-26-24(28)17-27(21-5-3-4-19(2)16-21)32(29,30)23-12-8-20(25)9-13-23/h3-13,16H,14-15,17H2,1-2H3,(H,26,28). The van der Waals surface area contributed by atoms with Crippen LogP contribution in [0.5, 0.6) is 0 Å². The summed E-state index contributed by atoms with van der Waals surface area (Å²) in [5, 5.41) is 3.26. The molecule has 168 valence electrons. The van der Waals surface area contributed by atoms with Crippen molar-refractivity contribution in [2.75, 3.05) is 23.1 Å². The van der Waals surface area contributed by atoms with Crippen LogP contribution in [0.25, 0.3) is 0 Å². The van der Waals surface area contributed by atoms with Gasteiger partial charge in [-0.2, -0.15) is 0 Å². The number of nitrogens with one attached hydrogen (secondary N) is 1. The van der Waals surface area contributed by atoms with Gasteiger partial charge in [0, 0.05) is 22.2 Å². The molecule has 0 radical (unpaired) electrons. The monoisotopic (exact) mass is 488 g/mol. The van der Waals surface area contributed by atoms with Crippen LogP contribution in [-0.2, 0) is 14.8 Å². The summed E-state index contributed by atoms with van der Waals surface area (Å²) >= 11 is 7.54. The lowest BCUT2D eigenvalue weighted by Crippen LogP contribution is -2.41. The normalized spacial score (nSPS) is 11.2. The van der Waals surface area contributed by atoms with Gasteiger partial charge in [0.05, 0.1) is 10.6 Å². The van der Waals surface area contributed by atoms with Crippen molar-refractivity contribution in [1.29, 1.82) is 0 Å². The van der Waals surface area contributed by atoms with E-state index < -0.39 is 10.0 Å². The Balaban J connectivity index is 1.70. The molecule has 32 heavy (non-hydrogen) atoms. The number of hydrogen-bond acceptors (Lipinski definition) is 4. The van der Waals surface area contributed by atoms with E-state index in [4.69, 9.17) is 11.6 Å². The maximum absolute atomic E-state index is 13.3. The Hall–Kier alpha value is -2.48. The SMILES string of the molecule is Cc1ccc(SCCNC(=O)CN(c2cccc(C)c2)S(=O)(=O)c2ccc(Cl)cc2)cc1. The molecule has 0 aliphatic rings. The Bertz CT molecular complexity index is 1160. The molecular formula is C24H25ClN2O3S2. The number of aryl methyl sites for hydroxylation is 2. The van der Waals surface area contributed by atoms with Crippen LogP contribution in [0.15, 0.2) is 82.6 Å². The smallest absolute Gasteiger partial charge is 0.264 e. The Kier molecular flexibility index (Phi) is 8.23. The summed E-state index contributed by atoms with van der Waals surface area (Å²) < 4.78 is 27.8. The lowest BCUT2D eigenvalue weighted by Gasteiger charge is -2.24. The van der Waals surface area contributed by atoms with Gasteiger partial charge in [0.15, 0.2) is 0 Å². The van der Waals surface area contributed by atoms with E-state index in [9.17, 15) is 13.2 Å². The highest BCUT2D eigenvalue weighted by atomic mass is 35.5. The zero-order valence-electron chi connectivity index (χ0n) is 17.9. The van der Waals surface area contributed by atoms with Gasteiger partial charge in [0.2, 0.25) is 5.91 Å². The van der Waals surface area contributed by atoms with Gasteiger partial charge in [-0.1, -0.05) is 41.4 Å². The first-order chi connectivity index (χ1) is 15.3. The number of anilines is 1. The van der Waals surface area contributed by atoms with Gasteiger partial charge in [-0.15, -0.1) is 11.8 Å².